The van der Waals surface area contributed by atoms with Gasteiger partial charge in [-0.2, -0.15) is 16.8 Å². The van der Waals surface area contributed by atoms with Crippen molar-refractivity contribution < 1.29 is 43.1 Å². The second kappa shape index (κ2) is 6.10. The molecule has 8 nitrogen and oxygen atoms in total. The molecule has 0 atom stereocenters. The van der Waals surface area contributed by atoms with Gasteiger partial charge in [0.2, 0.25) is 9.84 Å². The summed E-state index contributed by atoms with van der Waals surface area (Å²) in [4.78, 5) is -4.25. The van der Waals surface area contributed by atoms with Gasteiger partial charge in [0.1, 0.15) is 21.4 Å². The maximum Gasteiger partial charge on any atom is 0.297 e. The lowest BCUT2D eigenvalue weighted by atomic mass is 10.3. The Kier molecular flexibility index (Phi) is 4.73. The summed E-state index contributed by atoms with van der Waals surface area (Å²) >= 11 is 0. The van der Waals surface area contributed by atoms with Crippen LogP contribution in [-0.2, 0) is 30.1 Å². The van der Waals surface area contributed by atoms with Gasteiger partial charge in [0.05, 0.1) is 9.79 Å². The highest BCUT2D eigenvalue weighted by Gasteiger charge is 2.26. The van der Waals surface area contributed by atoms with E-state index < -0.39 is 61.3 Å². The summed E-state index contributed by atoms with van der Waals surface area (Å²) in [6, 6.07) is 2.88. The lowest BCUT2D eigenvalue weighted by Gasteiger charge is -2.08. The van der Waals surface area contributed by atoms with Gasteiger partial charge < -0.3 is 0 Å². The predicted molar refractivity (Wildman–Crippen MR) is 77.9 cm³/mol. The lowest BCUT2D eigenvalue weighted by molar-refractivity contribution is 0.470. The van der Waals surface area contributed by atoms with Gasteiger partial charge in [-0.25, -0.2) is 17.2 Å². The molecule has 0 saturated heterocycles. The molecule has 0 aromatic heterocycles. The molecule has 25 heavy (non-hydrogen) atoms. The molecule has 2 N–H and O–H groups in total. The van der Waals surface area contributed by atoms with Gasteiger partial charge in [0.15, 0.2) is 0 Å². The molecule has 136 valence electrons. The summed E-state index contributed by atoms with van der Waals surface area (Å²) in [6.45, 7) is 0. The second-order valence-corrected chi connectivity index (χ2v) is 9.37. The molecule has 2 aromatic carbocycles. The molecule has 0 aliphatic heterocycles. The summed E-state index contributed by atoms with van der Waals surface area (Å²) in [5.41, 5.74) is 0. The fourth-order valence-electron chi connectivity index (χ4n) is 1.83. The number of halogens is 2. The Morgan fingerprint density at radius 2 is 0.960 bits per heavy atom. The zero-order chi connectivity index (χ0) is 19.2. The Morgan fingerprint density at radius 3 is 1.24 bits per heavy atom. The molecule has 0 aliphatic carbocycles. The van der Waals surface area contributed by atoms with E-state index in [1.54, 1.807) is 0 Å². The maximum absolute atomic E-state index is 13.4. The quantitative estimate of drug-likeness (QED) is 0.563. The molecule has 0 saturated carbocycles. The van der Waals surface area contributed by atoms with Crippen LogP contribution in [0.25, 0.3) is 0 Å². The third-order valence-electron chi connectivity index (χ3n) is 2.98. The molecule has 0 heterocycles. The van der Waals surface area contributed by atoms with Crippen molar-refractivity contribution in [3.63, 3.8) is 0 Å². The van der Waals surface area contributed by atoms with Crippen LogP contribution in [0, 0.1) is 11.6 Å². The molecule has 0 spiro atoms. The first-order valence-electron chi connectivity index (χ1n) is 6.04. The van der Waals surface area contributed by atoms with E-state index in [2.05, 4.69) is 0 Å². The first-order valence-corrected chi connectivity index (χ1v) is 10.4. The molecule has 0 unspecified atom stereocenters. The molecular formula is C12H8F2O8S3. The van der Waals surface area contributed by atoms with Crippen molar-refractivity contribution >= 4 is 30.1 Å². The summed E-state index contributed by atoms with van der Waals surface area (Å²) in [7, 11) is -14.8. The number of sulfone groups is 1. The number of hydrogen-bond donors (Lipinski definition) is 2. The SMILES string of the molecule is O=S(=O)(O)c1cc(S(=O)(=O)c2ccc(F)c(S(=O)(=O)O)c2)ccc1F. The van der Waals surface area contributed by atoms with E-state index in [0.29, 0.717) is 36.4 Å². The van der Waals surface area contributed by atoms with Crippen molar-refractivity contribution in [2.24, 2.45) is 0 Å². The first-order chi connectivity index (χ1) is 11.2. The summed E-state index contributed by atoms with van der Waals surface area (Å²) in [5, 5.41) is 0. The molecular weight excluding hydrogens is 406 g/mol. The molecule has 2 rings (SSSR count). The molecule has 0 bridgehead atoms. The van der Waals surface area contributed by atoms with Gasteiger partial charge in [0.25, 0.3) is 20.2 Å². The normalized spacial score (nSPS) is 13.0. The lowest BCUT2D eigenvalue weighted by Crippen LogP contribution is -2.09. The third kappa shape index (κ3) is 3.85. The van der Waals surface area contributed by atoms with Gasteiger partial charge in [-0.05, 0) is 36.4 Å². The minimum absolute atomic E-state index is 0.316. The highest BCUT2D eigenvalue weighted by Crippen LogP contribution is 2.27. The fourth-order valence-corrected chi connectivity index (χ4v) is 4.48. The predicted octanol–water partition coefficient (Wildman–Crippen LogP) is 1.29. The highest BCUT2D eigenvalue weighted by molar-refractivity contribution is 7.91. The average molecular weight is 414 g/mol. The molecule has 2 aromatic rings. The van der Waals surface area contributed by atoms with E-state index in [1.165, 1.54) is 0 Å². The molecule has 0 aliphatic rings. The summed E-state index contributed by atoms with van der Waals surface area (Å²) in [6.07, 6.45) is 0. The monoisotopic (exact) mass is 414 g/mol. The van der Waals surface area contributed by atoms with E-state index in [-0.39, 0.29) is 0 Å². The smallest absolute Gasteiger partial charge is 0.282 e. The van der Waals surface area contributed by atoms with E-state index in [9.17, 15) is 34.0 Å². The number of hydrogen-bond acceptors (Lipinski definition) is 6. The molecule has 13 heteroatoms. The Hall–Kier alpha value is -1.93. The highest BCUT2D eigenvalue weighted by atomic mass is 32.2. The van der Waals surface area contributed by atoms with Crippen molar-refractivity contribution in [1.82, 2.24) is 0 Å². The van der Waals surface area contributed by atoms with Crippen LogP contribution in [0.5, 0.6) is 0 Å². The largest absolute Gasteiger partial charge is 0.297 e. The van der Waals surface area contributed by atoms with Crippen molar-refractivity contribution in [1.29, 1.82) is 0 Å². The van der Waals surface area contributed by atoms with Gasteiger partial charge >= 0.3 is 0 Å². The first kappa shape index (κ1) is 19.4. The Labute approximate surface area is 141 Å². The molecule has 0 radical (unpaired) electrons. The third-order valence-corrected chi connectivity index (χ3v) is 6.47. The van der Waals surface area contributed by atoms with E-state index in [4.69, 9.17) is 9.11 Å². The van der Waals surface area contributed by atoms with Crippen LogP contribution in [0.1, 0.15) is 0 Å². The van der Waals surface area contributed by atoms with Crippen molar-refractivity contribution in [3.05, 3.63) is 48.0 Å². The van der Waals surface area contributed by atoms with Gasteiger partial charge in [0, 0.05) is 0 Å². The average Bonchev–Trinajstić information content (AvgIpc) is 2.45. The maximum atomic E-state index is 13.4. The van der Waals surface area contributed by atoms with Crippen LogP contribution in [0.2, 0.25) is 0 Å². The van der Waals surface area contributed by atoms with Crippen LogP contribution in [0.4, 0.5) is 8.78 Å². The van der Waals surface area contributed by atoms with Gasteiger partial charge in [-0.1, -0.05) is 0 Å². The molecule has 0 fully saturated rings. The second-order valence-electron chi connectivity index (χ2n) is 4.64. The van der Waals surface area contributed by atoms with Crippen molar-refractivity contribution in [2.75, 3.05) is 0 Å². The van der Waals surface area contributed by atoms with Crippen LogP contribution in [-0.4, -0.2) is 34.4 Å². The minimum atomic E-state index is -5.07. The van der Waals surface area contributed by atoms with Crippen LogP contribution in [0.3, 0.4) is 0 Å². The van der Waals surface area contributed by atoms with Crippen LogP contribution < -0.4 is 0 Å². The standard InChI is InChI=1S/C12H8F2O8S3/c13-9-3-1-7(5-11(9)24(17,18)19)23(15,16)8-2-4-10(14)12(6-8)25(20,21)22/h1-6H,(H,17,18,19)(H,20,21,22). The number of rotatable bonds is 4. The Balaban J connectivity index is 2.73. The Bertz CT molecular complexity index is 1080. The Morgan fingerprint density at radius 1 is 0.640 bits per heavy atom. The van der Waals surface area contributed by atoms with E-state index >= 15 is 0 Å². The van der Waals surface area contributed by atoms with E-state index in [1.807, 2.05) is 0 Å². The van der Waals surface area contributed by atoms with Gasteiger partial charge in [-0.3, -0.25) is 9.11 Å². The van der Waals surface area contributed by atoms with Crippen LogP contribution >= 0.6 is 0 Å². The minimum Gasteiger partial charge on any atom is -0.282 e. The van der Waals surface area contributed by atoms with Crippen molar-refractivity contribution in [3.8, 4) is 0 Å². The zero-order valence-electron chi connectivity index (χ0n) is 11.8. The summed E-state index contributed by atoms with van der Waals surface area (Å²) < 4.78 is 114. The van der Waals surface area contributed by atoms with E-state index in [0.717, 1.165) is 0 Å². The van der Waals surface area contributed by atoms with Gasteiger partial charge in [-0.15, -0.1) is 0 Å². The van der Waals surface area contributed by atoms with Crippen LogP contribution in [0.15, 0.2) is 56.0 Å². The summed E-state index contributed by atoms with van der Waals surface area (Å²) in [5.74, 6) is -2.83. The zero-order valence-corrected chi connectivity index (χ0v) is 14.2. The number of benzene rings is 2. The molecule has 0 amide bonds. The van der Waals surface area contributed by atoms with Crippen molar-refractivity contribution in [2.45, 2.75) is 19.6 Å². The topological polar surface area (TPSA) is 143 Å². The fraction of sp³-hybridized carbons (Fsp3) is 0.